The summed E-state index contributed by atoms with van der Waals surface area (Å²) >= 11 is 11.8. The maximum absolute atomic E-state index is 10.5. The Labute approximate surface area is 144 Å². The molecular weight excluding hydrogens is 339 g/mol. The molecule has 0 saturated heterocycles. The lowest BCUT2D eigenvalue weighted by Crippen LogP contribution is -2.43. The molecule has 3 atom stereocenters. The van der Waals surface area contributed by atoms with E-state index in [1.807, 2.05) is 0 Å². The van der Waals surface area contributed by atoms with Crippen molar-refractivity contribution in [3.8, 4) is 0 Å². The van der Waals surface area contributed by atoms with Gasteiger partial charge >= 0.3 is 0 Å². The Bertz CT molecular complexity index is 570. The van der Waals surface area contributed by atoms with E-state index < -0.39 is 30.8 Å². The highest BCUT2D eigenvalue weighted by molar-refractivity contribution is 6.30. The van der Waals surface area contributed by atoms with E-state index in [1.54, 1.807) is 48.5 Å². The minimum atomic E-state index is -1.50. The predicted molar refractivity (Wildman–Crippen MR) is 89.9 cm³/mol. The van der Waals surface area contributed by atoms with Gasteiger partial charge in [-0.25, -0.2) is 0 Å². The predicted octanol–water partition coefficient (Wildman–Crippen LogP) is 2.20. The van der Waals surface area contributed by atoms with E-state index in [0.29, 0.717) is 21.2 Å². The summed E-state index contributed by atoms with van der Waals surface area (Å²) in [6.45, 7) is -0.647. The molecule has 0 fully saturated rings. The lowest BCUT2D eigenvalue weighted by molar-refractivity contribution is -0.0806. The molecule has 4 N–H and O–H groups in total. The Morgan fingerprint density at radius 3 is 1.43 bits per heavy atom. The van der Waals surface area contributed by atoms with Gasteiger partial charge in [-0.15, -0.1) is 0 Å². The first-order chi connectivity index (χ1) is 10.9. The van der Waals surface area contributed by atoms with Crippen LogP contribution in [0.5, 0.6) is 0 Å². The quantitative estimate of drug-likeness (QED) is 0.639. The van der Waals surface area contributed by atoms with Crippen LogP contribution >= 0.6 is 23.2 Å². The van der Waals surface area contributed by atoms with Gasteiger partial charge in [-0.1, -0.05) is 47.5 Å². The lowest BCUT2D eigenvalue weighted by atomic mass is 9.83. The topological polar surface area (TPSA) is 80.9 Å². The molecule has 6 heteroatoms. The summed E-state index contributed by atoms with van der Waals surface area (Å²) in [5, 5.41) is 40.3. The van der Waals surface area contributed by atoms with E-state index in [9.17, 15) is 15.3 Å². The molecule has 2 rings (SSSR count). The number of hydrogen-bond donors (Lipinski definition) is 4. The summed E-state index contributed by atoms with van der Waals surface area (Å²) < 4.78 is 0. The molecule has 0 aliphatic heterocycles. The Hall–Kier alpha value is -1.14. The van der Waals surface area contributed by atoms with Gasteiger partial charge in [0.05, 0.1) is 12.7 Å². The normalized spacial score (nSPS) is 15.4. The number of rotatable bonds is 6. The van der Waals surface area contributed by atoms with Crippen LogP contribution in [0.25, 0.3) is 0 Å². The van der Waals surface area contributed by atoms with Gasteiger partial charge in [0, 0.05) is 16.0 Å². The van der Waals surface area contributed by atoms with Crippen LogP contribution in [0.4, 0.5) is 0 Å². The third-order valence-electron chi connectivity index (χ3n) is 3.73. The van der Waals surface area contributed by atoms with Crippen LogP contribution in [0.2, 0.25) is 10.0 Å². The van der Waals surface area contributed by atoms with Gasteiger partial charge < -0.3 is 20.4 Å². The highest BCUT2D eigenvalue weighted by Crippen LogP contribution is 2.32. The van der Waals surface area contributed by atoms with Crippen LogP contribution in [-0.4, -0.2) is 45.3 Å². The molecule has 0 unspecified atom stereocenters. The number of benzene rings is 2. The third-order valence-corrected chi connectivity index (χ3v) is 4.23. The fourth-order valence-corrected chi connectivity index (χ4v) is 2.71. The average molecular weight is 357 g/mol. The van der Waals surface area contributed by atoms with E-state index in [-0.39, 0.29) is 0 Å². The zero-order valence-electron chi connectivity index (χ0n) is 12.2. The van der Waals surface area contributed by atoms with Crippen molar-refractivity contribution in [2.24, 2.45) is 0 Å². The minimum absolute atomic E-state index is 0.550. The van der Waals surface area contributed by atoms with Crippen molar-refractivity contribution in [3.05, 3.63) is 69.7 Å². The number of halogens is 2. The third kappa shape index (κ3) is 4.44. The van der Waals surface area contributed by atoms with E-state index in [0.717, 1.165) is 0 Å². The Balaban J connectivity index is 2.42. The molecule has 0 saturated carbocycles. The molecule has 0 amide bonds. The van der Waals surface area contributed by atoms with E-state index in [4.69, 9.17) is 28.3 Å². The molecule has 0 bridgehead atoms. The van der Waals surface area contributed by atoms with Crippen molar-refractivity contribution in [3.63, 3.8) is 0 Å². The number of aliphatic hydroxyl groups excluding tert-OH is 4. The summed E-state index contributed by atoms with van der Waals surface area (Å²) in [6, 6.07) is 13.7. The Morgan fingerprint density at radius 1 is 0.696 bits per heavy atom. The van der Waals surface area contributed by atoms with Gasteiger partial charge in [0.15, 0.2) is 0 Å². The van der Waals surface area contributed by atoms with E-state index >= 15 is 0 Å². The van der Waals surface area contributed by atoms with Crippen molar-refractivity contribution in [1.29, 1.82) is 0 Å². The molecule has 0 aliphatic carbocycles. The molecule has 2 aromatic carbocycles. The maximum atomic E-state index is 10.5. The smallest absolute Gasteiger partial charge is 0.109 e. The summed E-state index contributed by atoms with van der Waals surface area (Å²) in [6.07, 6.45) is -4.26. The molecule has 23 heavy (non-hydrogen) atoms. The standard InChI is InChI=1S/C17H18Cl2O4/c18-12-5-1-10(2-6-12)15(11-3-7-13(19)8-4-11)17(23)16(22)14(21)9-20/h1-8,14-17,20-23H,9H2/t14-,16-,17-/m1/s1. The summed E-state index contributed by atoms with van der Waals surface area (Å²) in [4.78, 5) is 0. The summed E-state index contributed by atoms with van der Waals surface area (Å²) in [5.74, 6) is -0.610. The van der Waals surface area contributed by atoms with Crippen LogP contribution in [0.1, 0.15) is 17.0 Å². The van der Waals surface area contributed by atoms with Gasteiger partial charge in [0.2, 0.25) is 0 Å². The van der Waals surface area contributed by atoms with Gasteiger partial charge in [0.1, 0.15) is 12.2 Å². The highest BCUT2D eigenvalue weighted by Gasteiger charge is 2.33. The van der Waals surface area contributed by atoms with Crippen LogP contribution in [0, 0.1) is 0 Å². The summed E-state index contributed by atoms with van der Waals surface area (Å²) in [7, 11) is 0. The lowest BCUT2D eigenvalue weighted by Gasteiger charge is -2.29. The molecule has 0 aliphatic rings. The van der Waals surface area contributed by atoms with Crippen LogP contribution in [-0.2, 0) is 0 Å². The van der Waals surface area contributed by atoms with Crippen molar-refractivity contribution < 1.29 is 20.4 Å². The minimum Gasteiger partial charge on any atom is -0.394 e. The fourth-order valence-electron chi connectivity index (χ4n) is 2.46. The largest absolute Gasteiger partial charge is 0.394 e. The van der Waals surface area contributed by atoms with Crippen molar-refractivity contribution >= 4 is 23.2 Å². The van der Waals surface area contributed by atoms with Crippen LogP contribution in [0.3, 0.4) is 0 Å². The summed E-state index contributed by atoms with van der Waals surface area (Å²) in [5.41, 5.74) is 1.43. The molecule has 0 aromatic heterocycles. The van der Waals surface area contributed by atoms with Crippen LogP contribution < -0.4 is 0 Å². The number of hydrogen-bond acceptors (Lipinski definition) is 4. The second-order valence-corrected chi connectivity index (χ2v) is 6.18. The molecule has 2 aromatic rings. The molecule has 0 heterocycles. The highest BCUT2D eigenvalue weighted by atomic mass is 35.5. The van der Waals surface area contributed by atoms with Crippen molar-refractivity contribution in [2.45, 2.75) is 24.2 Å². The zero-order valence-corrected chi connectivity index (χ0v) is 13.7. The zero-order chi connectivity index (χ0) is 17.0. The van der Waals surface area contributed by atoms with Gasteiger partial charge in [-0.05, 0) is 35.4 Å². The first-order valence-corrected chi connectivity index (χ1v) is 7.85. The van der Waals surface area contributed by atoms with Gasteiger partial charge in [-0.2, -0.15) is 0 Å². The second kappa shape index (κ2) is 8.11. The monoisotopic (exact) mass is 356 g/mol. The average Bonchev–Trinajstić information content (AvgIpc) is 2.57. The van der Waals surface area contributed by atoms with E-state index in [2.05, 4.69) is 0 Å². The van der Waals surface area contributed by atoms with Crippen LogP contribution in [0.15, 0.2) is 48.5 Å². The SMILES string of the molecule is OC[C@@H](O)[C@@H](O)[C@H](O)C(c1ccc(Cl)cc1)c1ccc(Cl)cc1. The van der Waals surface area contributed by atoms with Gasteiger partial charge in [0.25, 0.3) is 0 Å². The number of aliphatic hydroxyl groups is 4. The molecule has 0 radical (unpaired) electrons. The fraction of sp³-hybridized carbons (Fsp3) is 0.294. The molecule has 0 spiro atoms. The van der Waals surface area contributed by atoms with Crippen molar-refractivity contribution in [2.75, 3.05) is 6.61 Å². The Morgan fingerprint density at radius 2 is 1.09 bits per heavy atom. The van der Waals surface area contributed by atoms with E-state index in [1.165, 1.54) is 0 Å². The Kier molecular flexibility index (Phi) is 6.41. The molecule has 4 nitrogen and oxygen atoms in total. The second-order valence-electron chi connectivity index (χ2n) is 5.31. The van der Waals surface area contributed by atoms with Gasteiger partial charge in [-0.3, -0.25) is 0 Å². The molecule has 124 valence electrons. The van der Waals surface area contributed by atoms with Crippen molar-refractivity contribution in [1.82, 2.24) is 0 Å². The maximum Gasteiger partial charge on any atom is 0.109 e. The first kappa shape index (κ1) is 18.2. The molecular formula is C17H18Cl2O4. The first-order valence-electron chi connectivity index (χ1n) is 7.10.